The molecule has 7 heteroatoms. The first-order valence-corrected chi connectivity index (χ1v) is 3.89. The van der Waals surface area contributed by atoms with Crippen LogP contribution in [0.1, 0.15) is 0 Å². The number of anilines is 2. The maximum Gasteiger partial charge on any atom is 0.246 e. The van der Waals surface area contributed by atoms with Gasteiger partial charge in [-0.25, -0.2) is 5.10 Å². The summed E-state index contributed by atoms with van der Waals surface area (Å²) in [5, 5.41) is 6.36. The number of hydrogen-bond donors (Lipinski definition) is 3. The Labute approximate surface area is 74.1 Å². The fourth-order valence-corrected chi connectivity index (χ4v) is 1.23. The average molecular weight is 182 g/mol. The number of nitrogens with two attached hydrogens (primary N) is 2. The number of hydrogen-bond acceptors (Lipinski definition) is 5. The summed E-state index contributed by atoms with van der Waals surface area (Å²) in [5.41, 5.74) is 10.4. The molecule has 0 aliphatic carbocycles. The van der Waals surface area contributed by atoms with Crippen molar-refractivity contribution >= 4 is 17.8 Å². The minimum atomic E-state index is -0.278. The van der Waals surface area contributed by atoms with Crippen LogP contribution in [0.2, 0.25) is 0 Å². The van der Waals surface area contributed by atoms with Crippen LogP contribution in [0.25, 0.3) is 0 Å². The largest absolute Gasteiger partial charge is 0.369 e. The number of H-pyrrole nitrogens is 1. The third-order valence-corrected chi connectivity index (χ3v) is 2.06. The minimum Gasteiger partial charge on any atom is -0.369 e. The second-order valence-electron chi connectivity index (χ2n) is 3.02. The molecule has 5 N–H and O–H groups in total. The molecule has 1 aromatic rings. The zero-order chi connectivity index (χ0) is 9.42. The lowest BCUT2D eigenvalue weighted by Crippen LogP contribution is -2.53. The number of carbonyl (C=O) groups excluding carboxylic acids is 1. The quantitative estimate of drug-likeness (QED) is 0.505. The van der Waals surface area contributed by atoms with Gasteiger partial charge in [-0.1, -0.05) is 0 Å². The Kier molecular flexibility index (Phi) is 1.57. The van der Waals surface area contributed by atoms with Crippen LogP contribution >= 0.6 is 0 Å². The van der Waals surface area contributed by atoms with Crippen molar-refractivity contribution in [2.75, 3.05) is 23.7 Å². The van der Waals surface area contributed by atoms with Gasteiger partial charge in [-0.15, -0.1) is 5.10 Å². The lowest BCUT2D eigenvalue weighted by molar-refractivity contribution is -0.122. The molecule has 0 radical (unpaired) electrons. The molecule has 13 heavy (non-hydrogen) atoms. The highest BCUT2D eigenvalue weighted by molar-refractivity contribution is 5.79. The van der Waals surface area contributed by atoms with Crippen molar-refractivity contribution in [3.05, 3.63) is 0 Å². The monoisotopic (exact) mass is 182 g/mol. The molecule has 1 saturated heterocycles. The smallest absolute Gasteiger partial charge is 0.246 e. The highest BCUT2D eigenvalue weighted by Gasteiger charge is 2.33. The van der Waals surface area contributed by atoms with Crippen LogP contribution in [0.15, 0.2) is 0 Å². The molecule has 1 fully saturated rings. The number of carbonyl (C=O) groups is 1. The van der Waals surface area contributed by atoms with E-state index in [0.29, 0.717) is 19.0 Å². The van der Waals surface area contributed by atoms with Gasteiger partial charge in [0, 0.05) is 13.1 Å². The van der Waals surface area contributed by atoms with E-state index < -0.39 is 0 Å². The predicted octanol–water partition coefficient (Wildman–Crippen LogP) is -1.69. The molecule has 0 atom stereocenters. The summed E-state index contributed by atoms with van der Waals surface area (Å²) in [5.74, 6) is 0.437. The van der Waals surface area contributed by atoms with Crippen molar-refractivity contribution in [3.63, 3.8) is 0 Å². The predicted molar refractivity (Wildman–Crippen MR) is 45.7 cm³/mol. The van der Waals surface area contributed by atoms with Gasteiger partial charge in [-0.3, -0.25) is 4.79 Å². The normalized spacial score (nSPS) is 17.1. The van der Waals surface area contributed by atoms with Crippen LogP contribution in [-0.2, 0) is 4.79 Å². The van der Waals surface area contributed by atoms with Crippen molar-refractivity contribution < 1.29 is 4.79 Å². The molecule has 1 aliphatic heterocycles. The molecule has 1 amide bonds. The van der Waals surface area contributed by atoms with Gasteiger partial charge >= 0.3 is 0 Å². The molecule has 0 spiro atoms. The Morgan fingerprint density at radius 1 is 1.62 bits per heavy atom. The van der Waals surface area contributed by atoms with E-state index in [1.54, 1.807) is 0 Å². The summed E-state index contributed by atoms with van der Waals surface area (Å²) in [4.78, 5) is 16.4. The second-order valence-corrected chi connectivity index (χ2v) is 3.02. The fourth-order valence-electron chi connectivity index (χ4n) is 1.23. The average Bonchev–Trinajstić information content (AvgIpc) is 2.31. The lowest BCUT2D eigenvalue weighted by atomic mass is 10.0. The molecule has 0 bridgehead atoms. The highest BCUT2D eigenvalue weighted by Crippen LogP contribution is 2.20. The van der Waals surface area contributed by atoms with Gasteiger partial charge in [0.1, 0.15) is 0 Å². The molecule has 70 valence electrons. The Morgan fingerprint density at radius 3 is 2.77 bits per heavy atom. The first-order valence-electron chi connectivity index (χ1n) is 3.89. The number of aromatic nitrogens is 3. The van der Waals surface area contributed by atoms with Crippen molar-refractivity contribution in [1.82, 2.24) is 15.2 Å². The summed E-state index contributed by atoms with van der Waals surface area (Å²) < 4.78 is 0. The third-order valence-electron chi connectivity index (χ3n) is 2.06. The van der Waals surface area contributed by atoms with Crippen LogP contribution in [0.3, 0.4) is 0 Å². The molecular weight excluding hydrogens is 172 g/mol. The Hall–Kier alpha value is -1.79. The van der Waals surface area contributed by atoms with E-state index in [4.69, 9.17) is 11.5 Å². The molecule has 1 aromatic heterocycles. The lowest BCUT2D eigenvalue weighted by Gasteiger charge is -2.36. The summed E-state index contributed by atoms with van der Waals surface area (Å²) in [6.45, 7) is 1.15. The Morgan fingerprint density at radius 2 is 2.31 bits per heavy atom. The number of nitrogens with one attached hydrogen (secondary N) is 1. The van der Waals surface area contributed by atoms with Gasteiger partial charge in [0.15, 0.2) is 0 Å². The van der Waals surface area contributed by atoms with Crippen molar-refractivity contribution in [1.29, 1.82) is 0 Å². The third kappa shape index (κ3) is 1.28. The molecule has 7 nitrogen and oxygen atoms in total. The Bertz CT molecular complexity index is 328. The summed E-state index contributed by atoms with van der Waals surface area (Å²) in [7, 11) is 0. The molecule has 0 aromatic carbocycles. The van der Waals surface area contributed by atoms with E-state index >= 15 is 0 Å². The topological polar surface area (TPSA) is 114 Å². The molecular formula is C6H10N6O. The standard InChI is InChI=1S/C6H10N6O/c7-4(13)3-1-12(2-3)6-9-5(8)10-11-6/h3H,1-2H2,(H2,7,13)(H3,8,9,10,11). The number of nitrogen functional groups attached to an aromatic ring is 1. The number of amides is 1. The van der Waals surface area contributed by atoms with Crippen LogP contribution < -0.4 is 16.4 Å². The zero-order valence-corrected chi connectivity index (χ0v) is 6.90. The van der Waals surface area contributed by atoms with Gasteiger partial charge in [0.2, 0.25) is 17.8 Å². The van der Waals surface area contributed by atoms with Gasteiger partial charge in [-0.05, 0) is 0 Å². The summed E-state index contributed by atoms with van der Waals surface area (Å²) in [6, 6.07) is 0. The summed E-state index contributed by atoms with van der Waals surface area (Å²) >= 11 is 0. The van der Waals surface area contributed by atoms with Crippen LogP contribution in [0.4, 0.5) is 11.9 Å². The maximum absolute atomic E-state index is 10.7. The van der Waals surface area contributed by atoms with Crippen LogP contribution in [0, 0.1) is 5.92 Å². The van der Waals surface area contributed by atoms with E-state index in [9.17, 15) is 4.79 Å². The first-order chi connectivity index (χ1) is 6.16. The van der Waals surface area contributed by atoms with Crippen LogP contribution in [0.5, 0.6) is 0 Å². The van der Waals surface area contributed by atoms with Gasteiger partial charge in [0.25, 0.3) is 0 Å². The molecule has 0 saturated carbocycles. The molecule has 2 heterocycles. The number of rotatable bonds is 2. The van der Waals surface area contributed by atoms with Crippen molar-refractivity contribution in [3.8, 4) is 0 Å². The molecule has 0 unspecified atom stereocenters. The first kappa shape index (κ1) is 7.84. The van der Waals surface area contributed by atoms with Gasteiger partial charge in [0.05, 0.1) is 5.92 Å². The van der Waals surface area contributed by atoms with E-state index in [-0.39, 0.29) is 17.8 Å². The van der Waals surface area contributed by atoms with Gasteiger partial charge in [-0.2, -0.15) is 4.98 Å². The number of nitrogens with zero attached hydrogens (tertiary/aromatic N) is 3. The van der Waals surface area contributed by atoms with E-state index in [1.165, 1.54) is 0 Å². The van der Waals surface area contributed by atoms with E-state index in [0.717, 1.165) is 0 Å². The SMILES string of the molecule is NC(=O)C1CN(c2n[nH]c(N)n2)C1. The molecule has 2 rings (SSSR count). The van der Waals surface area contributed by atoms with Crippen LogP contribution in [-0.4, -0.2) is 34.2 Å². The highest BCUT2D eigenvalue weighted by atomic mass is 16.1. The van der Waals surface area contributed by atoms with E-state index in [1.807, 2.05) is 4.90 Å². The maximum atomic E-state index is 10.7. The number of aromatic amines is 1. The van der Waals surface area contributed by atoms with Gasteiger partial charge < -0.3 is 16.4 Å². The molecule has 1 aliphatic rings. The number of primary amides is 1. The van der Waals surface area contributed by atoms with Crippen molar-refractivity contribution in [2.24, 2.45) is 11.7 Å². The summed E-state index contributed by atoms with van der Waals surface area (Å²) in [6.07, 6.45) is 0. The van der Waals surface area contributed by atoms with E-state index in [2.05, 4.69) is 15.2 Å². The second kappa shape index (κ2) is 2.61. The Balaban J connectivity index is 1.97. The van der Waals surface area contributed by atoms with Crippen molar-refractivity contribution in [2.45, 2.75) is 0 Å². The fraction of sp³-hybridized carbons (Fsp3) is 0.500. The zero-order valence-electron chi connectivity index (χ0n) is 6.90. The minimum absolute atomic E-state index is 0.0836.